The van der Waals surface area contributed by atoms with Crippen molar-refractivity contribution in [2.45, 2.75) is 19.8 Å². The Morgan fingerprint density at radius 2 is 1.53 bits per heavy atom. The number of aryl methyl sites for hydroxylation is 1. The fourth-order valence-corrected chi connectivity index (χ4v) is 3.79. The van der Waals surface area contributed by atoms with E-state index in [9.17, 15) is 4.79 Å². The molecule has 6 heteroatoms. The van der Waals surface area contributed by atoms with Crippen LogP contribution in [0.25, 0.3) is 33.9 Å². The summed E-state index contributed by atoms with van der Waals surface area (Å²) in [7, 11) is 0. The standard InChI is InChI=1S/C28H23N3O3/c1-2-5-19-9-11-20(12-10-19)21-13-15-22(16-14-21)23-6-3-7-24(18-23)26(32)29-28-31-30-27(34-28)25-8-4-17-33-25/h3-4,6-18H,2,5H2,1H3,(H,29,31,32). The van der Waals surface area contributed by atoms with Gasteiger partial charge in [-0.15, -0.1) is 5.10 Å². The predicted octanol–water partition coefficient (Wildman–Crippen LogP) is 6.87. The van der Waals surface area contributed by atoms with Crippen LogP contribution in [0.15, 0.2) is 100 Å². The third-order valence-electron chi connectivity index (χ3n) is 5.55. The summed E-state index contributed by atoms with van der Waals surface area (Å²) in [5, 5.41) is 10.4. The lowest BCUT2D eigenvalue weighted by atomic mass is 9.98. The molecule has 0 aliphatic heterocycles. The van der Waals surface area contributed by atoms with Crippen LogP contribution in [0.4, 0.5) is 6.01 Å². The van der Waals surface area contributed by atoms with E-state index >= 15 is 0 Å². The molecule has 2 heterocycles. The molecule has 5 rings (SSSR count). The Balaban J connectivity index is 1.30. The maximum atomic E-state index is 12.7. The van der Waals surface area contributed by atoms with E-state index in [1.807, 2.05) is 18.2 Å². The number of benzene rings is 3. The minimum atomic E-state index is -0.333. The summed E-state index contributed by atoms with van der Waals surface area (Å²) in [6.45, 7) is 2.19. The first-order valence-electron chi connectivity index (χ1n) is 11.2. The minimum Gasteiger partial charge on any atom is -0.459 e. The van der Waals surface area contributed by atoms with E-state index in [-0.39, 0.29) is 17.8 Å². The van der Waals surface area contributed by atoms with E-state index in [4.69, 9.17) is 8.83 Å². The summed E-state index contributed by atoms with van der Waals surface area (Å²) in [6, 6.07) is 27.9. The number of rotatable bonds is 7. The average Bonchev–Trinajstić information content (AvgIpc) is 3.57. The molecular formula is C28H23N3O3. The van der Waals surface area contributed by atoms with E-state index < -0.39 is 0 Å². The van der Waals surface area contributed by atoms with Gasteiger partial charge in [0, 0.05) is 5.56 Å². The van der Waals surface area contributed by atoms with Gasteiger partial charge in [0.15, 0.2) is 5.76 Å². The molecule has 6 nitrogen and oxygen atoms in total. The van der Waals surface area contributed by atoms with Gasteiger partial charge in [-0.3, -0.25) is 10.1 Å². The van der Waals surface area contributed by atoms with E-state index in [0.29, 0.717) is 11.3 Å². The van der Waals surface area contributed by atoms with Gasteiger partial charge in [0.1, 0.15) is 0 Å². The van der Waals surface area contributed by atoms with Gasteiger partial charge in [-0.25, -0.2) is 0 Å². The molecular weight excluding hydrogens is 426 g/mol. The van der Waals surface area contributed by atoms with Gasteiger partial charge in [-0.2, -0.15) is 0 Å². The zero-order valence-corrected chi connectivity index (χ0v) is 18.7. The number of anilines is 1. The summed E-state index contributed by atoms with van der Waals surface area (Å²) in [4.78, 5) is 12.7. The minimum absolute atomic E-state index is 0.0103. The topological polar surface area (TPSA) is 81.2 Å². The maximum absolute atomic E-state index is 12.7. The van der Waals surface area contributed by atoms with Crippen LogP contribution >= 0.6 is 0 Å². The Bertz CT molecular complexity index is 1390. The second-order valence-corrected chi connectivity index (χ2v) is 7.95. The van der Waals surface area contributed by atoms with Crippen molar-refractivity contribution in [3.05, 3.63) is 102 Å². The van der Waals surface area contributed by atoms with Gasteiger partial charge in [0.2, 0.25) is 0 Å². The number of hydrogen-bond acceptors (Lipinski definition) is 5. The van der Waals surface area contributed by atoms with Crippen LogP contribution in [0, 0.1) is 0 Å². The lowest BCUT2D eigenvalue weighted by Crippen LogP contribution is -2.12. The number of nitrogens with zero attached hydrogens (tertiary/aromatic N) is 2. The molecule has 0 saturated carbocycles. The zero-order chi connectivity index (χ0) is 23.3. The first-order chi connectivity index (χ1) is 16.7. The first-order valence-corrected chi connectivity index (χ1v) is 11.2. The van der Waals surface area contributed by atoms with Crippen LogP contribution in [0.2, 0.25) is 0 Å². The number of hydrogen-bond donors (Lipinski definition) is 1. The molecule has 0 saturated heterocycles. The smallest absolute Gasteiger partial charge is 0.322 e. The zero-order valence-electron chi connectivity index (χ0n) is 18.7. The van der Waals surface area contributed by atoms with Crippen LogP contribution in [-0.2, 0) is 6.42 Å². The quantitative estimate of drug-likeness (QED) is 0.293. The molecule has 5 aromatic rings. The van der Waals surface area contributed by atoms with Crippen molar-refractivity contribution in [2.75, 3.05) is 5.32 Å². The lowest BCUT2D eigenvalue weighted by molar-refractivity contribution is 0.102. The van der Waals surface area contributed by atoms with Crippen molar-refractivity contribution in [3.63, 3.8) is 0 Å². The largest absolute Gasteiger partial charge is 0.459 e. The Morgan fingerprint density at radius 1 is 0.824 bits per heavy atom. The van der Waals surface area contributed by atoms with Crippen LogP contribution in [0.5, 0.6) is 0 Å². The average molecular weight is 450 g/mol. The lowest BCUT2D eigenvalue weighted by Gasteiger charge is -2.08. The molecule has 0 radical (unpaired) electrons. The van der Waals surface area contributed by atoms with Crippen LogP contribution < -0.4 is 5.32 Å². The van der Waals surface area contributed by atoms with E-state index in [2.05, 4.69) is 71.0 Å². The Morgan fingerprint density at radius 3 is 2.21 bits per heavy atom. The fourth-order valence-electron chi connectivity index (χ4n) is 3.79. The molecule has 3 aromatic carbocycles. The van der Waals surface area contributed by atoms with Gasteiger partial charge >= 0.3 is 6.01 Å². The molecule has 0 aliphatic carbocycles. The first kappa shape index (κ1) is 21.4. The fraction of sp³-hybridized carbons (Fsp3) is 0.107. The van der Waals surface area contributed by atoms with Crippen molar-refractivity contribution >= 4 is 11.9 Å². The highest BCUT2D eigenvalue weighted by atomic mass is 16.4. The molecule has 0 aliphatic rings. The number of nitrogens with one attached hydrogen (secondary N) is 1. The molecule has 34 heavy (non-hydrogen) atoms. The number of aromatic nitrogens is 2. The summed E-state index contributed by atoms with van der Waals surface area (Å²) in [5.41, 5.74) is 6.16. The molecule has 168 valence electrons. The molecule has 0 atom stereocenters. The molecule has 1 N–H and O–H groups in total. The highest BCUT2D eigenvalue weighted by Gasteiger charge is 2.14. The van der Waals surface area contributed by atoms with Gasteiger partial charge in [0.05, 0.1) is 6.26 Å². The second-order valence-electron chi connectivity index (χ2n) is 7.95. The highest BCUT2D eigenvalue weighted by Crippen LogP contribution is 2.26. The second kappa shape index (κ2) is 9.58. The highest BCUT2D eigenvalue weighted by molar-refractivity contribution is 6.03. The van der Waals surface area contributed by atoms with Crippen molar-refractivity contribution in [2.24, 2.45) is 0 Å². The monoisotopic (exact) mass is 449 g/mol. The molecule has 2 aromatic heterocycles. The summed E-state index contributed by atoms with van der Waals surface area (Å²) >= 11 is 0. The molecule has 0 bridgehead atoms. The Labute approximate surface area is 197 Å². The molecule has 1 amide bonds. The van der Waals surface area contributed by atoms with E-state index in [0.717, 1.165) is 29.5 Å². The van der Waals surface area contributed by atoms with Crippen LogP contribution in [0.3, 0.4) is 0 Å². The molecule has 0 fully saturated rings. The number of carbonyl (C=O) groups excluding carboxylic acids is 1. The Hall–Kier alpha value is -4.45. The van der Waals surface area contributed by atoms with E-state index in [1.54, 1.807) is 18.2 Å². The van der Waals surface area contributed by atoms with Gasteiger partial charge in [-0.1, -0.05) is 79.1 Å². The molecule has 0 spiro atoms. The Kier molecular flexibility index (Phi) is 6.03. The van der Waals surface area contributed by atoms with Crippen molar-refractivity contribution in [1.82, 2.24) is 10.2 Å². The third kappa shape index (κ3) is 4.66. The van der Waals surface area contributed by atoms with Crippen LogP contribution in [-0.4, -0.2) is 16.1 Å². The van der Waals surface area contributed by atoms with Crippen molar-refractivity contribution < 1.29 is 13.6 Å². The number of carbonyl (C=O) groups is 1. The summed E-state index contributed by atoms with van der Waals surface area (Å²) < 4.78 is 10.7. The van der Waals surface area contributed by atoms with Gasteiger partial charge in [0.25, 0.3) is 11.8 Å². The SMILES string of the molecule is CCCc1ccc(-c2ccc(-c3cccc(C(=O)Nc4nnc(-c5ccco5)o4)c3)cc2)cc1. The van der Waals surface area contributed by atoms with Crippen LogP contribution in [0.1, 0.15) is 29.3 Å². The van der Waals surface area contributed by atoms with Gasteiger partial charge < -0.3 is 8.83 Å². The molecule has 0 unspecified atom stereocenters. The number of furan rings is 1. The van der Waals surface area contributed by atoms with E-state index in [1.165, 1.54) is 17.4 Å². The summed E-state index contributed by atoms with van der Waals surface area (Å²) in [6.07, 6.45) is 3.76. The van der Waals surface area contributed by atoms with Crippen molar-refractivity contribution in [3.8, 4) is 33.9 Å². The summed E-state index contributed by atoms with van der Waals surface area (Å²) in [5.74, 6) is 0.310. The van der Waals surface area contributed by atoms with Gasteiger partial charge in [-0.05, 0) is 58.5 Å². The maximum Gasteiger partial charge on any atom is 0.322 e. The third-order valence-corrected chi connectivity index (χ3v) is 5.55. The predicted molar refractivity (Wildman–Crippen MR) is 131 cm³/mol. The number of amides is 1. The normalized spacial score (nSPS) is 10.9. The van der Waals surface area contributed by atoms with Crippen molar-refractivity contribution in [1.29, 1.82) is 0 Å².